The van der Waals surface area contributed by atoms with Gasteiger partial charge in [0.05, 0.1) is 31.5 Å². The van der Waals surface area contributed by atoms with Crippen molar-refractivity contribution in [2.75, 3.05) is 26.2 Å². The minimum atomic E-state index is -1.85. The number of aromatic amines is 1. The Hall–Kier alpha value is -9.47. The van der Waals surface area contributed by atoms with Gasteiger partial charge in [0.2, 0.25) is 59.1 Å². The summed E-state index contributed by atoms with van der Waals surface area (Å²) >= 11 is 0. The van der Waals surface area contributed by atoms with Crippen LogP contribution in [0.2, 0.25) is 0 Å². The van der Waals surface area contributed by atoms with Gasteiger partial charge in [-0.3, -0.25) is 67.7 Å². The van der Waals surface area contributed by atoms with Gasteiger partial charge in [-0.15, -0.1) is 0 Å². The molecule has 0 radical (unpaired) electrons. The number of likely N-dealkylation sites (tertiary alicyclic amines) is 1. The van der Waals surface area contributed by atoms with Crippen molar-refractivity contribution in [2.24, 2.45) is 55.1 Å². The molecule has 34 heteroatoms. The van der Waals surface area contributed by atoms with E-state index in [0.29, 0.717) is 12.1 Å². The van der Waals surface area contributed by atoms with Crippen LogP contribution in [-0.4, -0.2) is 201 Å². The van der Waals surface area contributed by atoms with Gasteiger partial charge in [-0.05, 0) is 77.7 Å². The van der Waals surface area contributed by atoms with Gasteiger partial charge < -0.3 is 103 Å². The number of benzene rings is 1. The number of aliphatic imine (C=N–C) groups is 3. The van der Waals surface area contributed by atoms with Crippen LogP contribution in [0.25, 0.3) is 0 Å². The van der Waals surface area contributed by atoms with Crippen molar-refractivity contribution in [3.8, 4) is 0 Å². The van der Waals surface area contributed by atoms with E-state index < -0.39 is 138 Å². The Labute approximate surface area is 584 Å². The molecular formula is C66H111N21O13. The molecule has 1 saturated heterocycles. The van der Waals surface area contributed by atoms with Crippen molar-refractivity contribution in [3.05, 3.63) is 54.1 Å². The number of guanidine groups is 3. The van der Waals surface area contributed by atoms with Crippen molar-refractivity contribution in [1.29, 1.82) is 0 Å². The number of aliphatic hydroxyl groups excluding tert-OH is 2. The summed E-state index contributed by atoms with van der Waals surface area (Å²) in [6.07, 6.45) is 15.2. The first-order valence-electron chi connectivity index (χ1n) is 34.6. The first kappa shape index (κ1) is 84.8. The van der Waals surface area contributed by atoms with Crippen molar-refractivity contribution < 1.29 is 63.0 Å². The highest BCUT2D eigenvalue weighted by Gasteiger charge is 2.46. The number of amides is 10. The number of aliphatic hydroxyl groups is 2. The maximum atomic E-state index is 14.7. The van der Waals surface area contributed by atoms with Crippen LogP contribution in [-0.2, 0) is 65.6 Å². The molecular weight excluding hydrogens is 1290 g/mol. The minimum absolute atomic E-state index is 0.00842. The third-order valence-corrected chi connectivity index (χ3v) is 16.8. The maximum Gasteiger partial charge on any atom is 0.246 e. The van der Waals surface area contributed by atoms with Gasteiger partial charge in [-0.1, -0.05) is 114 Å². The second kappa shape index (κ2) is 46.7. The molecule has 0 aliphatic carbocycles. The number of nitrogens with zero attached hydrogens (tertiary/aromatic N) is 5. The lowest BCUT2D eigenvalue weighted by Crippen LogP contribution is -2.62. The molecule has 558 valence electrons. The molecule has 25 N–H and O–H groups in total. The van der Waals surface area contributed by atoms with Gasteiger partial charge in [0.25, 0.3) is 0 Å². The van der Waals surface area contributed by atoms with Crippen LogP contribution in [0.4, 0.5) is 0 Å². The van der Waals surface area contributed by atoms with Crippen LogP contribution in [0.5, 0.6) is 0 Å². The fraction of sp³-hybridized carbons (Fsp3) is 0.652. The van der Waals surface area contributed by atoms with Gasteiger partial charge in [0.15, 0.2) is 23.7 Å². The lowest BCUT2D eigenvalue weighted by Gasteiger charge is -2.32. The maximum absolute atomic E-state index is 14.7. The van der Waals surface area contributed by atoms with Gasteiger partial charge in [0, 0.05) is 56.8 Å². The lowest BCUT2D eigenvalue weighted by atomic mass is 10.0. The number of carbonyl (C=O) groups excluding carboxylic acids is 11. The zero-order chi connectivity index (χ0) is 74.1. The number of aromatic nitrogens is 2. The van der Waals surface area contributed by atoms with Crippen LogP contribution in [0.3, 0.4) is 0 Å². The Morgan fingerprint density at radius 3 is 1.50 bits per heavy atom. The van der Waals surface area contributed by atoms with E-state index in [0.717, 1.165) is 45.1 Å². The first-order valence-corrected chi connectivity index (χ1v) is 34.6. The molecule has 1 aromatic heterocycles. The molecule has 34 nitrogen and oxygen atoms in total. The average Bonchev–Trinajstić information content (AvgIpc) is 1.63. The number of rotatable bonds is 51. The number of nitrogens with two attached hydrogens (primary N) is 7. The number of Topliss-reactive ketones (excluding diaryl/α,β-unsaturated/α-hetero) is 1. The normalized spacial score (nSPS) is 16.1. The summed E-state index contributed by atoms with van der Waals surface area (Å²) in [5, 5.41) is 42.1. The number of carbonyl (C=O) groups is 11. The fourth-order valence-electron chi connectivity index (χ4n) is 11.4. The van der Waals surface area contributed by atoms with Crippen LogP contribution in [0, 0.1) is 0 Å². The second-order valence-electron chi connectivity index (χ2n) is 25.3. The molecule has 2 heterocycles. The Balaban J connectivity index is 1.87. The third-order valence-electron chi connectivity index (χ3n) is 16.8. The van der Waals surface area contributed by atoms with E-state index in [2.05, 4.69) is 74.4 Å². The highest BCUT2D eigenvalue weighted by Crippen LogP contribution is 2.25. The SMILES string of the molecule is CCCCCCCCCCCCCCCC(=O)N[C@@H](Cc1ccccc1)C(=O)N[C@@H](CCCN=C(N)N)C(=O)N[C@@H](CCCN=C(N)N)C(=O)N[C@H]1CC(C)N([C@@H](Cc2cnc[nH]2)C(=O)N[C@@H](CO)C(=O)N[C@H](C(=O)N[C@@H](CCCN=C(N)N)C(=O)N[C@@H](CC(N)=O)C(C)=O)[C@@H](C)O)C1=O. The average molecular weight is 1410 g/mol. The molecule has 11 atom stereocenters. The summed E-state index contributed by atoms with van der Waals surface area (Å²) in [7, 11) is 0. The molecule has 1 aliphatic heterocycles. The van der Waals surface area contributed by atoms with E-state index in [1.807, 2.05) is 18.2 Å². The summed E-state index contributed by atoms with van der Waals surface area (Å²) in [6.45, 7) is 5.03. The molecule has 0 saturated carbocycles. The first-order chi connectivity index (χ1) is 47.6. The van der Waals surface area contributed by atoms with E-state index in [9.17, 15) is 63.0 Å². The van der Waals surface area contributed by atoms with Crippen LogP contribution >= 0.6 is 0 Å². The minimum Gasteiger partial charge on any atom is -0.394 e. The number of ketones is 1. The fourth-order valence-corrected chi connectivity index (χ4v) is 11.4. The van der Waals surface area contributed by atoms with Crippen LogP contribution in [0.15, 0.2) is 57.8 Å². The lowest BCUT2D eigenvalue weighted by molar-refractivity contribution is -0.142. The van der Waals surface area contributed by atoms with E-state index in [4.69, 9.17) is 40.1 Å². The summed E-state index contributed by atoms with van der Waals surface area (Å²) in [5.74, 6) is -9.96. The van der Waals surface area contributed by atoms with E-state index >= 15 is 0 Å². The molecule has 3 rings (SSSR count). The summed E-state index contributed by atoms with van der Waals surface area (Å²) < 4.78 is 0. The summed E-state index contributed by atoms with van der Waals surface area (Å²) in [4.78, 5) is 172. The quantitative estimate of drug-likeness (QED) is 0.0186. The van der Waals surface area contributed by atoms with Crippen molar-refractivity contribution in [2.45, 2.75) is 248 Å². The third kappa shape index (κ3) is 32.9. The van der Waals surface area contributed by atoms with Crippen LogP contribution in [0.1, 0.15) is 180 Å². The molecule has 0 bridgehead atoms. The van der Waals surface area contributed by atoms with E-state index in [1.54, 1.807) is 19.1 Å². The number of nitrogens with one attached hydrogen (secondary N) is 9. The highest BCUT2D eigenvalue weighted by atomic mass is 16.3. The van der Waals surface area contributed by atoms with Crippen molar-refractivity contribution in [1.82, 2.24) is 57.4 Å². The predicted molar refractivity (Wildman–Crippen MR) is 376 cm³/mol. The zero-order valence-electron chi connectivity index (χ0n) is 58.4. The molecule has 0 spiro atoms. The largest absolute Gasteiger partial charge is 0.394 e. The Morgan fingerprint density at radius 1 is 0.580 bits per heavy atom. The number of hydrogen-bond acceptors (Lipinski definition) is 17. The van der Waals surface area contributed by atoms with Gasteiger partial charge in [-0.25, -0.2) is 4.98 Å². The smallest absolute Gasteiger partial charge is 0.246 e. The van der Waals surface area contributed by atoms with Gasteiger partial charge >= 0.3 is 0 Å². The summed E-state index contributed by atoms with van der Waals surface area (Å²) in [5.41, 5.74) is 39.6. The topological polar surface area (TPSA) is 576 Å². The molecule has 100 heavy (non-hydrogen) atoms. The molecule has 1 aromatic carbocycles. The standard InChI is InChI=1S/C66H111N21O13/c1-5-6-7-8-9-10-11-12-13-14-15-16-20-29-54(92)79-49(34-43-24-18-17-19-25-43)59(96)81-45(26-21-30-75-64(68)69)56(93)80-46(27-22-31-76-65(70)71)58(95)84-50-33-40(2)87(63(50)100)52(35-44-37-74-39-78-44)61(98)85-51(38-88)60(97)86-55(42(4)90)62(99)82-47(28-23-32-77-66(72)73)57(94)83-48(41(3)89)36-53(67)91/h17-19,24-25,37,39-40,42,45-52,55,88,90H,5-16,20-23,26-36,38H2,1-4H3,(H2,67,91)(H,74,78)(H,79,92)(H,80,93)(H,81,96)(H,82,99)(H,83,94)(H,84,95)(H,85,98)(H,86,97)(H4,68,69,75)(H4,70,71,76)(H4,72,73,77)/t40?,42-,45+,46+,47+,48+,49+,50+,51+,52+,55+/m1/s1. The molecule has 1 unspecified atom stereocenters. The van der Waals surface area contributed by atoms with Crippen molar-refractivity contribution >= 4 is 82.7 Å². The number of hydrogen-bond donors (Lipinski definition) is 18. The van der Waals surface area contributed by atoms with Gasteiger partial charge in [-0.2, -0.15) is 0 Å². The predicted octanol–water partition coefficient (Wildman–Crippen LogP) is -2.46. The highest BCUT2D eigenvalue weighted by molar-refractivity contribution is 6.00. The van der Waals surface area contributed by atoms with E-state index in [-0.39, 0.29) is 108 Å². The van der Waals surface area contributed by atoms with Gasteiger partial charge in [0.1, 0.15) is 48.3 Å². The zero-order valence-corrected chi connectivity index (χ0v) is 58.4. The molecule has 10 amide bonds. The Bertz CT molecular complexity index is 3000. The molecule has 2 aromatic rings. The van der Waals surface area contributed by atoms with Crippen LogP contribution < -0.4 is 82.7 Å². The Kier molecular flexibility index (Phi) is 39.6. The number of imidazole rings is 1. The number of primary amides is 1. The monoisotopic (exact) mass is 1410 g/mol. The summed E-state index contributed by atoms with van der Waals surface area (Å²) in [6, 6.07) is -5.00. The molecule has 1 fully saturated rings. The Morgan fingerprint density at radius 2 is 1.04 bits per heavy atom. The number of unbranched alkanes of at least 4 members (excludes halogenated alkanes) is 12. The molecule has 1 aliphatic rings. The second-order valence-corrected chi connectivity index (χ2v) is 25.3. The van der Waals surface area contributed by atoms with E-state index in [1.165, 1.54) is 68.8 Å². The number of H-pyrrole nitrogens is 1. The van der Waals surface area contributed by atoms with Crippen molar-refractivity contribution in [3.63, 3.8) is 0 Å².